The van der Waals surface area contributed by atoms with Crippen molar-refractivity contribution < 1.29 is 9.84 Å². The zero-order valence-corrected chi connectivity index (χ0v) is 12.0. The monoisotopic (exact) mass is 266 g/mol. The van der Waals surface area contributed by atoms with Crippen molar-refractivity contribution in [2.75, 3.05) is 7.11 Å². The summed E-state index contributed by atoms with van der Waals surface area (Å²) in [7, 11) is 1.66. The Morgan fingerprint density at radius 2 is 2.00 bits per heavy atom. The van der Waals surface area contributed by atoms with Gasteiger partial charge < -0.3 is 9.84 Å². The second-order valence-electron chi connectivity index (χ2n) is 4.93. The zero-order chi connectivity index (χ0) is 13.0. The standard InChI is InChI=1S/C15H22O2S/c1-11(16)15-13(17-2)9-6-10-14(15)18-12-7-4-3-5-8-12/h6,9-12,16H,3-5,7-8H2,1-2H3. The van der Waals surface area contributed by atoms with Gasteiger partial charge in [0.1, 0.15) is 5.75 Å². The molecule has 1 saturated carbocycles. The Hall–Kier alpha value is -0.670. The van der Waals surface area contributed by atoms with Gasteiger partial charge in [-0.3, -0.25) is 0 Å². The molecule has 1 aromatic rings. The maximum absolute atomic E-state index is 9.95. The highest BCUT2D eigenvalue weighted by Crippen LogP contribution is 2.40. The number of rotatable bonds is 4. The Balaban J connectivity index is 2.20. The van der Waals surface area contributed by atoms with Gasteiger partial charge in [-0.1, -0.05) is 25.3 Å². The molecule has 18 heavy (non-hydrogen) atoms. The molecule has 1 fully saturated rings. The maximum atomic E-state index is 9.95. The van der Waals surface area contributed by atoms with Crippen LogP contribution in [0.5, 0.6) is 5.75 Å². The molecule has 0 spiro atoms. The minimum atomic E-state index is -0.479. The summed E-state index contributed by atoms with van der Waals surface area (Å²) in [5, 5.41) is 10.7. The molecule has 2 nitrogen and oxygen atoms in total. The van der Waals surface area contributed by atoms with E-state index in [1.54, 1.807) is 7.11 Å². The average Bonchev–Trinajstić information content (AvgIpc) is 2.39. The Bertz CT molecular complexity index is 384. The molecular formula is C15H22O2S. The van der Waals surface area contributed by atoms with Crippen LogP contribution in [0.1, 0.15) is 50.7 Å². The van der Waals surface area contributed by atoms with Gasteiger partial charge in [-0.15, -0.1) is 11.8 Å². The largest absolute Gasteiger partial charge is 0.496 e. The van der Waals surface area contributed by atoms with Crippen LogP contribution < -0.4 is 4.74 Å². The molecule has 0 amide bonds. The molecule has 3 heteroatoms. The molecule has 1 atom stereocenters. The fourth-order valence-corrected chi connectivity index (χ4v) is 4.06. The van der Waals surface area contributed by atoms with Crippen LogP contribution >= 0.6 is 11.8 Å². The van der Waals surface area contributed by atoms with E-state index in [4.69, 9.17) is 4.74 Å². The Kier molecular flexibility index (Phi) is 4.95. The maximum Gasteiger partial charge on any atom is 0.125 e. The van der Waals surface area contributed by atoms with Crippen LogP contribution in [0, 0.1) is 0 Å². The van der Waals surface area contributed by atoms with Crippen molar-refractivity contribution >= 4 is 11.8 Å². The molecule has 2 rings (SSSR count). The van der Waals surface area contributed by atoms with Gasteiger partial charge in [0, 0.05) is 15.7 Å². The molecule has 0 aromatic heterocycles. The molecule has 0 saturated heterocycles. The van der Waals surface area contributed by atoms with Gasteiger partial charge in [0.25, 0.3) is 0 Å². The SMILES string of the molecule is COc1cccc(SC2CCCCC2)c1C(C)O. The molecular weight excluding hydrogens is 244 g/mol. The van der Waals surface area contributed by atoms with Crippen molar-refractivity contribution in [2.24, 2.45) is 0 Å². The lowest BCUT2D eigenvalue weighted by molar-refractivity contribution is 0.191. The summed E-state index contributed by atoms with van der Waals surface area (Å²) < 4.78 is 5.36. The highest BCUT2D eigenvalue weighted by atomic mass is 32.2. The molecule has 0 radical (unpaired) electrons. The summed E-state index contributed by atoms with van der Waals surface area (Å²) in [6.45, 7) is 1.81. The van der Waals surface area contributed by atoms with Crippen molar-refractivity contribution in [2.45, 2.75) is 55.3 Å². The van der Waals surface area contributed by atoms with Gasteiger partial charge >= 0.3 is 0 Å². The number of hydrogen-bond acceptors (Lipinski definition) is 3. The summed E-state index contributed by atoms with van der Waals surface area (Å²) in [6.07, 6.45) is 6.16. The first-order chi connectivity index (χ1) is 8.72. The molecule has 1 unspecified atom stereocenters. The molecule has 1 aliphatic rings. The summed E-state index contributed by atoms with van der Waals surface area (Å²) in [5.74, 6) is 0.797. The smallest absolute Gasteiger partial charge is 0.125 e. The zero-order valence-electron chi connectivity index (χ0n) is 11.2. The Morgan fingerprint density at radius 3 is 2.61 bits per heavy atom. The van der Waals surface area contributed by atoms with Gasteiger partial charge in [-0.2, -0.15) is 0 Å². The van der Waals surface area contributed by atoms with Gasteiger partial charge in [-0.05, 0) is 31.9 Å². The van der Waals surface area contributed by atoms with E-state index in [9.17, 15) is 5.11 Å². The number of methoxy groups -OCH3 is 1. The van der Waals surface area contributed by atoms with Crippen molar-refractivity contribution in [3.63, 3.8) is 0 Å². The lowest BCUT2D eigenvalue weighted by Gasteiger charge is -2.23. The molecule has 1 aliphatic carbocycles. The lowest BCUT2D eigenvalue weighted by atomic mass is 10.0. The highest BCUT2D eigenvalue weighted by Gasteiger charge is 2.19. The molecule has 1 aromatic carbocycles. The number of aliphatic hydroxyl groups excluding tert-OH is 1. The highest BCUT2D eigenvalue weighted by molar-refractivity contribution is 8.00. The number of benzene rings is 1. The summed E-state index contributed by atoms with van der Waals surface area (Å²) in [5.41, 5.74) is 0.940. The van der Waals surface area contributed by atoms with Gasteiger partial charge in [0.05, 0.1) is 13.2 Å². The van der Waals surface area contributed by atoms with E-state index < -0.39 is 6.10 Å². The second kappa shape index (κ2) is 6.48. The molecule has 100 valence electrons. The first-order valence-electron chi connectivity index (χ1n) is 6.74. The van der Waals surface area contributed by atoms with Crippen LogP contribution in [0.3, 0.4) is 0 Å². The molecule has 1 N–H and O–H groups in total. The fraction of sp³-hybridized carbons (Fsp3) is 0.600. The van der Waals surface area contributed by atoms with Gasteiger partial charge in [-0.25, -0.2) is 0 Å². The van der Waals surface area contributed by atoms with E-state index in [1.807, 2.05) is 30.8 Å². The van der Waals surface area contributed by atoms with Crippen molar-refractivity contribution in [1.82, 2.24) is 0 Å². The third-order valence-electron chi connectivity index (χ3n) is 3.51. The first kappa shape index (κ1) is 13.8. The van der Waals surface area contributed by atoms with Crippen LogP contribution in [0.15, 0.2) is 23.1 Å². The predicted octanol–water partition coefficient (Wildman–Crippen LogP) is 4.17. The summed E-state index contributed by atoms with van der Waals surface area (Å²) in [6, 6.07) is 6.03. The van der Waals surface area contributed by atoms with Gasteiger partial charge in [0.2, 0.25) is 0 Å². The van der Waals surface area contributed by atoms with Crippen molar-refractivity contribution in [3.8, 4) is 5.75 Å². The quantitative estimate of drug-likeness (QED) is 0.886. The third kappa shape index (κ3) is 3.21. The van der Waals surface area contributed by atoms with E-state index in [0.29, 0.717) is 5.25 Å². The Labute approximate surface area is 114 Å². The van der Waals surface area contributed by atoms with Crippen molar-refractivity contribution in [1.29, 1.82) is 0 Å². The second-order valence-corrected chi connectivity index (χ2v) is 6.27. The van der Waals surface area contributed by atoms with E-state index >= 15 is 0 Å². The van der Waals surface area contributed by atoms with Crippen LogP contribution in [-0.4, -0.2) is 17.5 Å². The van der Waals surface area contributed by atoms with Crippen molar-refractivity contribution in [3.05, 3.63) is 23.8 Å². The van der Waals surface area contributed by atoms with E-state index in [-0.39, 0.29) is 0 Å². The molecule has 0 aliphatic heterocycles. The fourth-order valence-electron chi connectivity index (χ4n) is 2.58. The van der Waals surface area contributed by atoms with Crippen LogP contribution in [-0.2, 0) is 0 Å². The number of aliphatic hydroxyl groups is 1. The number of hydrogen-bond donors (Lipinski definition) is 1. The summed E-state index contributed by atoms with van der Waals surface area (Å²) in [4.78, 5) is 1.18. The van der Waals surface area contributed by atoms with Crippen LogP contribution in [0.2, 0.25) is 0 Å². The number of ether oxygens (including phenoxy) is 1. The Morgan fingerprint density at radius 1 is 1.28 bits per heavy atom. The third-order valence-corrected chi connectivity index (χ3v) is 4.92. The average molecular weight is 266 g/mol. The van der Waals surface area contributed by atoms with E-state index in [2.05, 4.69) is 6.07 Å². The first-order valence-corrected chi connectivity index (χ1v) is 7.62. The molecule has 0 heterocycles. The lowest BCUT2D eigenvalue weighted by Crippen LogP contribution is -2.09. The van der Waals surface area contributed by atoms with Crippen LogP contribution in [0.25, 0.3) is 0 Å². The minimum Gasteiger partial charge on any atom is -0.496 e. The van der Waals surface area contributed by atoms with E-state index in [1.165, 1.54) is 37.0 Å². The van der Waals surface area contributed by atoms with E-state index in [0.717, 1.165) is 11.3 Å². The normalized spacial score (nSPS) is 18.6. The topological polar surface area (TPSA) is 29.5 Å². The molecule has 0 bridgehead atoms. The predicted molar refractivity (Wildman–Crippen MR) is 76.4 cm³/mol. The minimum absolute atomic E-state index is 0.479. The van der Waals surface area contributed by atoms with Crippen LogP contribution in [0.4, 0.5) is 0 Å². The number of thioether (sulfide) groups is 1. The summed E-state index contributed by atoms with van der Waals surface area (Å²) >= 11 is 1.91. The van der Waals surface area contributed by atoms with Gasteiger partial charge in [0.15, 0.2) is 0 Å².